The van der Waals surface area contributed by atoms with Gasteiger partial charge >= 0.3 is 0 Å². The largest absolute Gasteiger partial charge is 0.390 e. The van der Waals surface area contributed by atoms with E-state index in [1.165, 1.54) is 5.69 Å². The fourth-order valence-electron chi connectivity index (χ4n) is 3.48. The van der Waals surface area contributed by atoms with Crippen molar-refractivity contribution in [1.29, 1.82) is 0 Å². The van der Waals surface area contributed by atoms with Crippen LogP contribution in [0.3, 0.4) is 0 Å². The van der Waals surface area contributed by atoms with Gasteiger partial charge in [0, 0.05) is 43.3 Å². The SMILES string of the molecule is CCCn1nccc1C1CCN(CC(O)Cn2cccn2)CC1. The Morgan fingerprint density at radius 2 is 2.04 bits per heavy atom. The van der Waals surface area contributed by atoms with Crippen LogP contribution in [0.5, 0.6) is 0 Å². The molecule has 2 aromatic heterocycles. The van der Waals surface area contributed by atoms with Crippen LogP contribution >= 0.6 is 0 Å². The predicted molar refractivity (Wildman–Crippen MR) is 89.2 cm³/mol. The van der Waals surface area contributed by atoms with Gasteiger partial charge in [0.05, 0.1) is 12.6 Å². The minimum Gasteiger partial charge on any atom is -0.390 e. The number of β-amino-alcohol motifs (C(OH)–C–C–N with tert-alkyl or cyclic N) is 1. The molecule has 0 aliphatic carbocycles. The highest BCUT2D eigenvalue weighted by Crippen LogP contribution is 2.28. The fourth-order valence-corrected chi connectivity index (χ4v) is 3.48. The van der Waals surface area contributed by atoms with Crippen molar-refractivity contribution in [2.24, 2.45) is 0 Å². The summed E-state index contributed by atoms with van der Waals surface area (Å²) >= 11 is 0. The minimum absolute atomic E-state index is 0.364. The molecule has 126 valence electrons. The number of hydrogen-bond donors (Lipinski definition) is 1. The van der Waals surface area contributed by atoms with E-state index in [0.717, 1.165) is 45.4 Å². The predicted octanol–water partition coefficient (Wildman–Crippen LogP) is 1.73. The quantitative estimate of drug-likeness (QED) is 0.845. The van der Waals surface area contributed by atoms with Crippen LogP contribution in [-0.2, 0) is 13.1 Å². The summed E-state index contributed by atoms with van der Waals surface area (Å²) in [6.07, 6.45) is 8.60. The van der Waals surface area contributed by atoms with Gasteiger partial charge in [-0.15, -0.1) is 0 Å². The maximum Gasteiger partial charge on any atom is 0.0862 e. The number of rotatable bonds is 7. The maximum atomic E-state index is 10.2. The Morgan fingerprint density at radius 1 is 1.22 bits per heavy atom. The Morgan fingerprint density at radius 3 is 2.74 bits per heavy atom. The van der Waals surface area contributed by atoms with Gasteiger partial charge in [-0.05, 0) is 44.5 Å². The molecule has 0 bridgehead atoms. The topological polar surface area (TPSA) is 59.1 Å². The zero-order valence-corrected chi connectivity index (χ0v) is 13.9. The van der Waals surface area contributed by atoms with Crippen molar-refractivity contribution in [2.45, 2.75) is 51.3 Å². The first-order valence-electron chi connectivity index (χ1n) is 8.65. The second-order valence-electron chi connectivity index (χ2n) is 6.44. The Balaban J connectivity index is 1.47. The molecular formula is C17H27N5O. The van der Waals surface area contributed by atoms with E-state index in [1.807, 2.05) is 18.5 Å². The van der Waals surface area contributed by atoms with E-state index in [-0.39, 0.29) is 6.10 Å². The summed E-state index contributed by atoms with van der Waals surface area (Å²) in [5.74, 6) is 0.601. The number of hydrogen-bond acceptors (Lipinski definition) is 4. The summed E-state index contributed by atoms with van der Waals surface area (Å²) in [5, 5.41) is 18.8. The van der Waals surface area contributed by atoms with Crippen LogP contribution in [0.25, 0.3) is 0 Å². The van der Waals surface area contributed by atoms with Crippen LogP contribution in [0.1, 0.15) is 37.8 Å². The Hall–Kier alpha value is -1.66. The highest BCUT2D eigenvalue weighted by molar-refractivity contribution is 5.09. The molecule has 1 saturated heterocycles. The summed E-state index contributed by atoms with van der Waals surface area (Å²) in [6, 6.07) is 4.06. The molecule has 1 aliphatic rings. The maximum absolute atomic E-state index is 10.2. The van der Waals surface area contributed by atoms with E-state index < -0.39 is 0 Å². The van der Waals surface area contributed by atoms with Gasteiger partial charge in [0.25, 0.3) is 0 Å². The van der Waals surface area contributed by atoms with Gasteiger partial charge < -0.3 is 10.0 Å². The molecule has 0 amide bonds. The van der Waals surface area contributed by atoms with E-state index in [1.54, 1.807) is 10.9 Å². The highest BCUT2D eigenvalue weighted by atomic mass is 16.3. The summed E-state index contributed by atoms with van der Waals surface area (Å²) in [6.45, 7) is 6.56. The van der Waals surface area contributed by atoms with E-state index in [9.17, 15) is 5.11 Å². The lowest BCUT2D eigenvalue weighted by molar-refractivity contribution is 0.0817. The molecule has 1 aliphatic heterocycles. The van der Waals surface area contributed by atoms with Crippen molar-refractivity contribution >= 4 is 0 Å². The van der Waals surface area contributed by atoms with E-state index in [4.69, 9.17) is 0 Å². The lowest BCUT2D eigenvalue weighted by Crippen LogP contribution is -2.40. The van der Waals surface area contributed by atoms with Crippen molar-refractivity contribution in [3.05, 3.63) is 36.4 Å². The summed E-state index contributed by atoms with van der Waals surface area (Å²) < 4.78 is 3.95. The van der Waals surface area contributed by atoms with Gasteiger partial charge in [0.15, 0.2) is 0 Å². The average Bonchev–Trinajstić information content (AvgIpc) is 3.20. The molecule has 1 unspecified atom stereocenters. The van der Waals surface area contributed by atoms with Gasteiger partial charge in [-0.2, -0.15) is 10.2 Å². The van der Waals surface area contributed by atoms with Crippen molar-refractivity contribution in [3.63, 3.8) is 0 Å². The standard InChI is InChI=1S/C17H27N5O/c1-2-9-22-17(4-8-19-22)15-5-11-20(12-6-15)13-16(23)14-21-10-3-7-18-21/h3-4,7-8,10,15-16,23H,2,5-6,9,11-14H2,1H3. The van der Waals surface area contributed by atoms with E-state index in [2.05, 4.69) is 32.8 Å². The third-order valence-electron chi connectivity index (χ3n) is 4.62. The van der Waals surface area contributed by atoms with Crippen molar-refractivity contribution in [2.75, 3.05) is 19.6 Å². The first-order chi connectivity index (χ1) is 11.3. The van der Waals surface area contributed by atoms with Crippen LogP contribution in [0.4, 0.5) is 0 Å². The number of likely N-dealkylation sites (tertiary alicyclic amines) is 1. The summed E-state index contributed by atoms with van der Waals surface area (Å²) in [4.78, 5) is 2.37. The van der Waals surface area contributed by atoms with Crippen LogP contribution in [0.2, 0.25) is 0 Å². The lowest BCUT2D eigenvalue weighted by Gasteiger charge is -2.33. The molecule has 3 rings (SSSR count). The number of nitrogens with zero attached hydrogens (tertiary/aromatic N) is 5. The van der Waals surface area contributed by atoms with Crippen molar-refractivity contribution in [1.82, 2.24) is 24.5 Å². The Kier molecular flexibility index (Phi) is 5.46. The number of aromatic nitrogens is 4. The van der Waals surface area contributed by atoms with Gasteiger partial charge in [0.2, 0.25) is 0 Å². The molecule has 0 saturated carbocycles. The molecule has 6 heteroatoms. The monoisotopic (exact) mass is 317 g/mol. The second-order valence-corrected chi connectivity index (χ2v) is 6.44. The zero-order valence-electron chi connectivity index (χ0n) is 13.9. The smallest absolute Gasteiger partial charge is 0.0862 e. The van der Waals surface area contributed by atoms with Gasteiger partial charge in [0.1, 0.15) is 0 Å². The summed E-state index contributed by atoms with van der Waals surface area (Å²) in [7, 11) is 0. The molecule has 2 aromatic rings. The first-order valence-corrected chi connectivity index (χ1v) is 8.65. The minimum atomic E-state index is -0.364. The molecule has 0 spiro atoms. The molecule has 3 heterocycles. The molecular weight excluding hydrogens is 290 g/mol. The van der Waals surface area contributed by atoms with Crippen LogP contribution in [0.15, 0.2) is 30.7 Å². The number of piperidine rings is 1. The third-order valence-corrected chi connectivity index (χ3v) is 4.62. The van der Waals surface area contributed by atoms with Crippen LogP contribution in [0, 0.1) is 0 Å². The zero-order chi connectivity index (χ0) is 16.1. The average molecular weight is 317 g/mol. The molecule has 6 nitrogen and oxygen atoms in total. The molecule has 1 fully saturated rings. The number of aryl methyl sites for hydroxylation is 1. The molecule has 0 aromatic carbocycles. The van der Waals surface area contributed by atoms with Gasteiger partial charge in [-0.3, -0.25) is 9.36 Å². The van der Waals surface area contributed by atoms with Crippen LogP contribution in [-0.4, -0.2) is 55.3 Å². The fraction of sp³-hybridized carbons (Fsp3) is 0.647. The van der Waals surface area contributed by atoms with E-state index >= 15 is 0 Å². The Bertz CT molecular complexity index is 572. The molecule has 1 N–H and O–H groups in total. The Labute approximate surface area is 137 Å². The number of aliphatic hydroxyl groups excluding tert-OH is 1. The highest BCUT2D eigenvalue weighted by Gasteiger charge is 2.24. The first kappa shape index (κ1) is 16.2. The van der Waals surface area contributed by atoms with Crippen LogP contribution < -0.4 is 0 Å². The molecule has 0 radical (unpaired) electrons. The second kappa shape index (κ2) is 7.75. The molecule has 1 atom stereocenters. The van der Waals surface area contributed by atoms with Gasteiger partial charge in [-0.1, -0.05) is 6.92 Å². The van der Waals surface area contributed by atoms with Gasteiger partial charge in [-0.25, -0.2) is 0 Å². The number of aliphatic hydroxyl groups is 1. The normalized spacial score (nSPS) is 18.3. The van der Waals surface area contributed by atoms with E-state index in [0.29, 0.717) is 12.5 Å². The lowest BCUT2D eigenvalue weighted by atomic mass is 9.93. The van der Waals surface area contributed by atoms with Crippen molar-refractivity contribution in [3.8, 4) is 0 Å². The van der Waals surface area contributed by atoms with Crippen molar-refractivity contribution < 1.29 is 5.11 Å². The summed E-state index contributed by atoms with van der Waals surface area (Å²) in [5.41, 5.74) is 1.38. The molecule has 23 heavy (non-hydrogen) atoms. The third kappa shape index (κ3) is 4.20.